The quantitative estimate of drug-likeness (QED) is 0.401. The van der Waals surface area contributed by atoms with Crippen LogP contribution in [0.2, 0.25) is 5.02 Å². The largest absolute Gasteiger partial charge is 0.477 e. The summed E-state index contributed by atoms with van der Waals surface area (Å²) in [6, 6.07) is 16.8. The molecular weight excluding hydrogens is 523 g/mol. The molecule has 1 saturated heterocycles. The van der Waals surface area contributed by atoms with Gasteiger partial charge in [0.1, 0.15) is 29.9 Å². The van der Waals surface area contributed by atoms with Crippen LogP contribution in [0.15, 0.2) is 72.4 Å². The topological polar surface area (TPSA) is 105 Å². The van der Waals surface area contributed by atoms with Gasteiger partial charge in [0.15, 0.2) is 0 Å². The van der Waals surface area contributed by atoms with E-state index < -0.39 is 11.8 Å². The van der Waals surface area contributed by atoms with Crippen LogP contribution in [0.3, 0.4) is 0 Å². The summed E-state index contributed by atoms with van der Waals surface area (Å²) in [7, 11) is 0. The molecule has 0 aromatic heterocycles. The molecule has 2 atom stereocenters. The number of hydrogen-bond donors (Lipinski definition) is 2. The molecule has 1 heterocycles. The minimum atomic E-state index is -0.564. The average Bonchev–Trinajstić information content (AvgIpc) is 2.92. The molecular formula is C29H28ClFN4O4. The molecule has 3 N–H and O–H groups in total. The number of benzene rings is 3. The standard InChI is InChI=1S/C29H28ClFN4O4/c1-18-14-34(19(2)26(16-36)35(18)15-20-3-8-23(31)9-4-20)17-39-27-12-7-22(30)13-25(27)29(38)33-24-10-5-21(6-11-24)28(32)37/h3-13,18-19H,14-15,17H2,1-2H3,(H2,32,37)(H,33,38)/t18-,19+/m0/s1. The second-order valence-electron chi connectivity index (χ2n) is 9.35. The Morgan fingerprint density at radius 3 is 2.44 bits per heavy atom. The Morgan fingerprint density at radius 1 is 1.10 bits per heavy atom. The first kappa shape index (κ1) is 27.9. The number of rotatable bonds is 8. The normalized spacial score (nSPS) is 17.4. The average molecular weight is 551 g/mol. The third kappa shape index (κ3) is 6.64. The highest BCUT2D eigenvalue weighted by molar-refractivity contribution is 6.31. The van der Waals surface area contributed by atoms with E-state index in [0.717, 1.165) is 5.56 Å². The lowest BCUT2D eigenvalue weighted by Crippen LogP contribution is -2.55. The van der Waals surface area contributed by atoms with Crippen molar-refractivity contribution in [3.05, 3.63) is 100.0 Å². The van der Waals surface area contributed by atoms with Crippen molar-refractivity contribution in [1.82, 2.24) is 9.80 Å². The number of ether oxygens (including phenoxy) is 1. The molecule has 0 saturated carbocycles. The fourth-order valence-electron chi connectivity index (χ4n) is 4.46. The Hall–Kier alpha value is -4.17. The first-order valence-corrected chi connectivity index (χ1v) is 12.7. The van der Waals surface area contributed by atoms with Gasteiger partial charge in [-0.2, -0.15) is 0 Å². The van der Waals surface area contributed by atoms with Crippen LogP contribution in [0, 0.1) is 5.82 Å². The van der Waals surface area contributed by atoms with Gasteiger partial charge >= 0.3 is 0 Å². The summed E-state index contributed by atoms with van der Waals surface area (Å²) in [6.45, 7) is 5.01. The molecule has 0 unspecified atom stereocenters. The Labute approximate surface area is 230 Å². The summed E-state index contributed by atoms with van der Waals surface area (Å²) in [5.41, 5.74) is 7.64. The fraction of sp³-hybridized carbons (Fsp3) is 0.241. The van der Waals surface area contributed by atoms with E-state index in [0.29, 0.717) is 40.8 Å². The predicted octanol–water partition coefficient (Wildman–Crippen LogP) is 4.48. The minimum Gasteiger partial charge on any atom is -0.477 e. The third-order valence-electron chi connectivity index (χ3n) is 6.65. The lowest BCUT2D eigenvalue weighted by Gasteiger charge is -2.45. The van der Waals surface area contributed by atoms with Crippen molar-refractivity contribution in [2.45, 2.75) is 32.5 Å². The van der Waals surface area contributed by atoms with Crippen LogP contribution in [0.4, 0.5) is 10.1 Å². The molecule has 202 valence electrons. The van der Waals surface area contributed by atoms with Crippen LogP contribution >= 0.6 is 11.6 Å². The first-order chi connectivity index (χ1) is 18.7. The maximum atomic E-state index is 13.3. The van der Waals surface area contributed by atoms with E-state index in [-0.39, 0.29) is 30.2 Å². The van der Waals surface area contributed by atoms with Crippen LogP contribution in [0.25, 0.3) is 0 Å². The van der Waals surface area contributed by atoms with Crippen LogP contribution in [-0.4, -0.2) is 52.9 Å². The summed E-state index contributed by atoms with van der Waals surface area (Å²) in [5, 5.41) is 3.13. The van der Waals surface area contributed by atoms with Gasteiger partial charge in [0.05, 0.1) is 11.6 Å². The first-order valence-electron chi connectivity index (χ1n) is 12.3. The highest BCUT2D eigenvalue weighted by atomic mass is 35.5. The summed E-state index contributed by atoms with van der Waals surface area (Å²) in [4.78, 5) is 40.3. The number of carbonyl (C=O) groups is 2. The molecule has 4 rings (SSSR count). The van der Waals surface area contributed by atoms with Gasteiger partial charge in [-0.3, -0.25) is 14.5 Å². The fourth-order valence-corrected chi connectivity index (χ4v) is 4.63. The summed E-state index contributed by atoms with van der Waals surface area (Å²) in [6.07, 6.45) is 0. The zero-order chi connectivity index (χ0) is 28.1. The smallest absolute Gasteiger partial charge is 0.259 e. The third-order valence-corrected chi connectivity index (χ3v) is 6.89. The van der Waals surface area contributed by atoms with Crippen molar-refractivity contribution < 1.29 is 23.5 Å². The molecule has 8 nitrogen and oxygen atoms in total. The summed E-state index contributed by atoms with van der Waals surface area (Å²) in [5.74, 6) is 1.07. The zero-order valence-electron chi connectivity index (χ0n) is 21.5. The van der Waals surface area contributed by atoms with Crippen LogP contribution in [0.5, 0.6) is 5.75 Å². The molecule has 10 heteroatoms. The van der Waals surface area contributed by atoms with Crippen LogP contribution in [0.1, 0.15) is 40.1 Å². The molecule has 1 aliphatic heterocycles. The molecule has 1 fully saturated rings. The van der Waals surface area contributed by atoms with Crippen LogP contribution < -0.4 is 15.8 Å². The number of carbonyl (C=O) groups excluding carboxylic acids is 3. The molecule has 0 aliphatic carbocycles. The lowest BCUT2D eigenvalue weighted by atomic mass is 10.0. The van der Waals surface area contributed by atoms with Gasteiger partial charge in [0.2, 0.25) is 5.91 Å². The number of halogens is 2. The Balaban J connectivity index is 1.46. The number of piperazine rings is 1. The second-order valence-corrected chi connectivity index (χ2v) is 9.78. The number of nitrogens with one attached hydrogen (secondary N) is 1. The highest BCUT2D eigenvalue weighted by Gasteiger charge is 2.34. The zero-order valence-corrected chi connectivity index (χ0v) is 22.2. The maximum Gasteiger partial charge on any atom is 0.259 e. The van der Waals surface area contributed by atoms with E-state index in [2.05, 4.69) is 11.3 Å². The van der Waals surface area contributed by atoms with E-state index in [1.807, 2.05) is 23.6 Å². The monoisotopic (exact) mass is 550 g/mol. The van der Waals surface area contributed by atoms with Crippen molar-refractivity contribution in [2.24, 2.45) is 5.73 Å². The number of anilines is 1. The number of amides is 2. The SMILES string of the molecule is C[C@@H]1C(=C=O)N(Cc2ccc(F)cc2)[C@@H](C)CN1COc1ccc(Cl)cc1C(=O)Nc1ccc(C(N)=O)cc1. The van der Waals surface area contributed by atoms with E-state index in [9.17, 15) is 18.8 Å². The second kappa shape index (κ2) is 12.1. The number of primary amides is 1. The molecule has 3 aromatic rings. The molecule has 3 aromatic carbocycles. The highest BCUT2D eigenvalue weighted by Crippen LogP contribution is 2.28. The molecule has 0 radical (unpaired) electrons. The van der Waals surface area contributed by atoms with E-state index in [4.69, 9.17) is 22.1 Å². The van der Waals surface area contributed by atoms with Gasteiger partial charge in [-0.15, -0.1) is 0 Å². The molecule has 2 amide bonds. The lowest BCUT2D eigenvalue weighted by molar-refractivity contribution is 0.0283. The van der Waals surface area contributed by atoms with Crippen molar-refractivity contribution in [2.75, 3.05) is 18.6 Å². The number of hydrogen-bond acceptors (Lipinski definition) is 6. The van der Waals surface area contributed by atoms with E-state index >= 15 is 0 Å². The van der Waals surface area contributed by atoms with Gasteiger partial charge in [-0.25, -0.2) is 9.18 Å². The van der Waals surface area contributed by atoms with Gasteiger partial charge in [0, 0.05) is 35.4 Å². The van der Waals surface area contributed by atoms with E-state index in [1.54, 1.807) is 36.4 Å². The van der Waals surface area contributed by atoms with Crippen LogP contribution in [-0.2, 0) is 11.3 Å². The van der Waals surface area contributed by atoms with Gasteiger partial charge in [-0.05, 0) is 74.0 Å². The van der Waals surface area contributed by atoms with Crippen molar-refractivity contribution in [3.63, 3.8) is 0 Å². The van der Waals surface area contributed by atoms with E-state index in [1.165, 1.54) is 30.3 Å². The molecule has 1 aliphatic rings. The minimum absolute atomic E-state index is 0.0531. The Kier molecular flexibility index (Phi) is 8.66. The number of nitrogens with two attached hydrogens (primary N) is 1. The Bertz CT molecular complexity index is 1410. The molecule has 0 spiro atoms. The van der Waals surface area contributed by atoms with Crippen molar-refractivity contribution >= 4 is 35.0 Å². The predicted molar refractivity (Wildman–Crippen MR) is 147 cm³/mol. The number of nitrogens with zero attached hydrogens (tertiary/aromatic N) is 2. The Morgan fingerprint density at radius 2 is 1.79 bits per heavy atom. The summed E-state index contributed by atoms with van der Waals surface area (Å²) >= 11 is 6.17. The summed E-state index contributed by atoms with van der Waals surface area (Å²) < 4.78 is 19.4. The molecule has 0 bridgehead atoms. The van der Waals surface area contributed by atoms with Gasteiger partial charge in [0.25, 0.3) is 5.91 Å². The van der Waals surface area contributed by atoms with Gasteiger partial charge < -0.3 is 20.7 Å². The van der Waals surface area contributed by atoms with Gasteiger partial charge in [-0.1, -0.05) is 23.7 Å². The van der Waals surface area contributed by atoms with Crippen molar-refractivity contribution in [3.8, 4) is 5.75 Å². The van der Waals surface area contributed by atoms with Crippen molar-refractivity contribution in [1.29, 1.82) is 0 Å². The molecule has 39 heavy (non-hydrogen) atoms. The maximum absolute atomic E-state index is 13.3.